The van der Waals surface area contributed by atoms with E-state index in [0.717, 1.165) is 12.3 Å². The molecular weight excluding hydrogens is 200 g/mol. The van der Waals surface area contributed by atoms with Crippen LogP contribution in [0.4, 0.5) is 0 Å². The fourth-order valence-electron chi connectivity index (χ4n) is 1.90. The molecule has 0 aliphatic rings. The molecule has 0 spiro atoms. The van der Waals surface area contributed by atoms with Gasteiger partial charge in [0.2, 0.25) is 0 Å². The third kappa shape index (κ3) is 7.72. The van der Waals surface area contributed by atoms with Crippen molar-refractivity contribution in [2.45, 2.75) is 66.2 Å². The maximum absolute atomic E-state index is 11.1. The second-order valence-corrected chi connectivity index (χ2v) is 4.79. The largest absolute Gasteiger partial charge is 0.465 e. The number of esters is 1. The van der Waals surface area contributed by atoms with Gasteiger partial charge in [-0.3, -0.25) is 4.79 Å². The Morgan fingerprint density at radius 3 is 2.44 bits per heavy atom. The average molecular weight is 228 g/mol. The van der Waals surface area contributed by atoms with Crippen molar-refractivity contribution in [2.24, 2.45) is 11.8 Å². The van der Waals surface area contributed by atoms with Crippen LogP contribution in [0, 0.1) is 11.8 Å². The number of hydrogen-bond acceptors (Lipinski definition) is 2. The van der Waals surface area contributed by atoms with Gasteiger partial charge in [-0.05, 0) is 18.3 Å². The molecule has 0 saturated carbocycles. The average Bonchev–Trinajstić information content (AvgIpc) is 2.31. The van der Waals surface area contributed by atoms with Gasteiger partial charge in [-0.15, -0.1) is 0 Å². The van der Waals surface area contributed by atoms with E-state index in [1.165, 1.54) is 25.7 Å². The van der Waals surface area contributed by atoms with Crippen LogP contribution in [-0.2, 0) is 9.53 Å². The molecule has 2 atom stereocenters. The fraction of sp³-hybridized carbons (Fsp3) is 0.929. The van der Waals surface area contributed by atoms with E-state index in [9.17, 15) is 4.79 Å². The monoisotopic (exact) mass is 228 g/mol. The zero-order valence-electron chi connectivity index (χ0n) is 11.4. The van der Waals surface area contributed by atoms with Crippen molar-refractivity contribution in [2.75, 3.05) is 6.61 Å². The highest BCUT2D eigenvalue weighted by Gasteiger charge is 2.13. The number of rotatable bonds is 9. The smallest absolute Gasteiger partial charge is 0.305 e. The molecule has 0 N–H and O–H groups in total. The van der Waals surface area contributed by atoms with E-state index < -0.39 is 0 Å². The van der Waals surface area contributed by atoms with Crippen LogP contribution in [0.15, 0.2) is 0 Å². The summed E-state index contributed by atoms with van der Waals surface area (Å²) in [6.45, 7) is 9.16. The third-order valence-corrected chi connectivity index (χ3v) is 3.13. The highest BCUT2D eigenvalue weighted by atomic mass is 16.5. The van der Waals surface area contributed by atoms with Crippen LogP contribution in [0.3, 0.4) is 0 Å². The summed E-state index contributed by atoms with van der Waals surface area (Å²) < 4.78 is 5.21. The van der Waals surface area contributed by atoms with Crippen molar-refractivity contribution in [3.8, 4) is 0 Å². The van der Waals surface area contributed by atoms with Gasteiger partial charge < -0.3 is 4.74 Å². The van der Waals surface area contributed by atoms with E-state index >= 15 is 0 Å². The first kappa shape index (κ1) is 15.5. The Morgan fingerprint density at radius 2 is 1.94 bits per heavy atom. The van der Waals surface area contributed by atoms with Gasteiger partial charge in [-0.2, -0.15) is 0 Å². The molecule has 96 valence electrons. The quantitative estimate of drug-likeness (QED) is 0.553. The van der Waals surface area contributed by atoms with Gasteiger partial charge in [0.05, 0.1) is 6.61 Å². The molecule has 0 amide bonds. The topological polar surface area (TPSA) is 26.3 Å². The number of unbranched alkanes of at least 4 members (excludes halogenated alkanes) is 1. The first-order valence-corrected chi connectivity index (χ1v) is 6.79. The summed E-state index contributed by atoms with van der Waals surface area (Å²) >= 11 is 0. The van der Waals surface area contributed by atoms with Crippen LogP contribution >= 0.6 is 0 Å². The van der Waals surface area contributed by atoms with E-state index in [-0.39, 0.29) is 5.97 Å². The molecule has 0 bridgehead atoms. The molecule has 0 saturated heterocycles. The second kappa shape index (κ2) is 9.68. The van der Waals surface area contributed by atoms with Gasteiger partial charge in [-0.25, -0.2) is 0 Å². The van der Waals surface area contributed by atoms with Crippen molar-refractivity contribution in [3.05, 3.63) is 0 Å². The molecule has 0 aromatic carbocycles. The van der Waals surface area contributed by atoms with Crippen molar-refractivity contribution in [1.29, 1.82) is 0 Å². The molecule has 0 aliphatic carbocycles. The number of hydrogen-bond donors (Lipinski definition) is 0. The predicted octanol–water partition coefficient (Wildman–Crippen LogP) is 4.18. The van der Waals surface area contributed by atoms with E-state index in [1.807, 2.05) is 6.92 Å². The number of carbonyl (C=O) groups is 1. The summed E-state index contributed by atoms with van der Waals surface area (Å²) in [5.74, 6) is 1.23. The first-order chi connectivity index (χ1) is 7.63. The summed E-state index contributed by atoms with van der Waals surface area (Å²) in [7, 11) is 0. The van der Waals surface area contributed by atoms with Crippen molar-refractivity contribution < 1.29 is 9.53 Å². The maximum Gasteiger partial charge on any atom is 0.305 e. The zero-order chi connectivity index (χ0) is 12.4. The summed E-state index contributed by atoms with van der Waals surface area (Å²) in [5.41, 5.74) is 0. The second-order valence-electron chi connectivity index (χ2n) is 4.79. The lowest BCUT2D eigenvalue weighted by atomic mass is 9.91. The fourth-order valence-corrected chi connectivity index (χ4v) is 1.90. The minimum atomic E-state index is -0.0698. The third-order valence-electron chi connectivity index (χ3n) is 3.13. The predicted molar refractivity (Wildman–Crippen MR) is 68.3 cm³/mol. The van der Waals surface area contributed by atoms with Gasteiger partial charge in [0, 0.05) is 6.42 Å². The van der Waals surface area contributed by atoms with Crippen LogP contribution in [0.5, 0.6) is 0 Å². The van der Waals surface area contributed by atoms with E-state index in [4.69, 9.17) is 4.74 Å². The van der Waals surface area contributed by atoms with Gasteiger partial charge in [0.25, 0.3) is 0 Å². The summed E-state index contributed by atoms with van der Waals surface area (Å²) in [6, 6.07) is 0. The van der Waals surface area contributed by atoms with Crippen molar-refractivity contribution >= 4 is 5.97 Å². The molecule has 2 nitrogen and oxygen atoms in total. The lowest BCUT2D eigenvalue weighted by molar-refractivity contribution is -0.144. The molecule has 0 aromatic rings. The van der Waals surface area contributed by atoms with Crippen LogP contribution in [-0.4, -0.2) is 12.6 Å². The lowest BCUT2D eigenvalue weighted by Gasteiger charge is -2.19. The minimum Gasteiger partial charge on any atom is -0.465 e. The standard InChI is InChI=1S/C14H28O2/c1-5-8-9-12(4)10-13(6-2)11-16-14(15)7-3/h12-13H,5-11H2,1-4H3. The molecule has 0 radical (unpaired) electrons. The Hall–Kier alpha value is -0.530. The van der Waals surface area contributed by atoms with Crippen LogP contribution in [0.2, 0.25) is 0 Å². The maximum atomic E-state index is 11.1. The molecular formula is C14H28O2. The van der Waals surface area contributed by atoms with Crippen LogP contribution in [0.25, 0.3) is 0 Å². The summed E-state index contributed by atoms with van der Waals surface area (Å²) in [4.78, 5) is 11.1. The van der Waals surface area contributed by atoms with E-state index in [1.54, 1.807) is 0 Å². The van der Waals surface area contributed by atoms with Gasteiger partial charge in [0.1, 0.15) is 0 Å². The normalized spacial score (nSPS) is 14.5. The van der Waals surface area contributed by atoms with Gasteiger partial charge in [-0.1, -0.05) is 53.4 Å². The SMILES string of the molecule is CCCCC(C)CC(CC)COC(=O)CC. The Kier molecular flexibility index (Phi) is 9.36. The van der Waals surface area contributed by atoms with Crippen molar-refractivity contribution in [3.63, 3.8) is 0 Å². The van der Waals surface area contributed by atoms with Crippen LogP contribution in [0.1, 0.15) is 66.2 Å². The van der Waals surface area contributed by atoms with E-state index in [0.29, 0.717) is 18.9 Å². The lowest BCUT2D eigenvalue weighted by Crippen LogP contribution is -2.15. The summed E-state index contributed by atoms with van der Waals surface area (Å²) in [6.07, 6.45) is 6.66. The molecule has 0 fully saturated rings. The Morgan fingerprint density at radius 1 is 1.25 bits per heavy atom. The Labute approximate surface area is 101 Å². The molecule has 2 unspecified atom stereocenters. The highest BCUT2D eigenvalue weighted by molar-refractivity contribution is 5.68. The van der Waals surface area contributed by atoms with Crippen LogP contribution < -0.4 is 0 Å². The first-order valence-electron chi connectivity index (χ1n) is 6.79. The minimum absolute atomic E-state index is 0.0698. The zero-order valence-corrected chi connectivity index (χ0v) is 11.4. The number of ether oxygens (including phenoxy) is 1. The molecule has 16 heavy (non-hydrogen) atoms. The van der Waals surface area contributed by atoms with E-state index in [2.05, 4.69) is 20.8 Å². The molecule has 0 rings (SSSR count). The highest BCUT2D eigenvalue weighted by Crippen LogP contribution is 2.20. The molecule has 0 aromatic heterocycles. The van der Waals surface area contributed by atoms with Gasteiger partial charge >= 0.3 is 5.97 Å². The Bertz CT molecular complexity index is 178. The Balaban J connectivity index is 3.76. The molecule has 0 heterocycles. The summed E-state index contributed by atoms with van der Waals surface area (Å²) in [5, 5.41) is 0. The molecule has 0 aliphatic heterocycles. The van der Waals surface area contributed by atoms with Crippen molar-refractivity contribution in [1.82, 2.24) is 0 Å². The molecule has 2 heteroatoms. The van der Waals surface area contributed by atoms with Gasteiger partial charge in [0.15, 0.2) is 0 Å². The number of carbonyl (C=O) groups excluding carboxylic acids is 1.